The molecule has 4 heterocycles. The highest BCUT2D eigenvalue weighted by atomic mass is 35.5. The van der Waals surface area contributed by atoms with Gasteiger partial charge in [-0.1, -0.05) is 24.2 Å². The molecule has 2 saturated heterocycles. The number of fused-ring (bicyclic) bond motifs is 2. The number of ketones is 1. The number of carbonyl (C=O) groups is 2. The van der Waals surface area contributed by atoms with Crippen LogP contribution in [0.4, 0.5) is 16.2 Å². The number of nitrogens with zero attached hydrogens (tertiary/aromatic N) is 6. The Bertz CT molecular complexity index is 1860. The fourth-order valence-corrected chi connectivity index (χ4v) is 7.02. The van der Waals surface area contributed by atoms with Crippen molar-refractivity contribution in [3.63, 3.8) is 0 Å². The first kappa shape index (κ1) is 28.7. The van der Waals surface area contributed by atoms with Crippen molar-refractivity contribution >= 4 is 56.9 Å². The lowest BCUT2D eigenvalue weighted by atomic mass is 9.93. The highest BCUT2D eigenvalue weighted by Crippen LogP contribution is 2.48. The minimum atomic E-state index is -0.513. The van der Waals surface area contributed by atoms with E-state index in [4.69, 9.17) is 21.6 Å². The monoisotopic (exact) mass is 615 g/mol. The fraction of sp³-hybridized carbons (Fsp3) is 0.424. The number of aryl methyl sites for hydroxylation is 1. The normalized spacial score (nSPS) is 20.8. The molecular formula is C33H35ClFN7O2. The second-order valence-electron chi connectivity index (χ2n) is 12.6. The van der Waals surface area contributed by atoms with Gasteiger partial charge in [0.15, 0.2) is 5.82 Å². The molecule has 1 N–H and O–H groups in total. The number of rotatable bonds is 6. The van der Waals surface area contributed by atoms with Crippen LogP contribution in [-0.2, 0) is 9.59 Å². The zero-order valence-electron chi connectivity index (χ0n) is 25.3. The molecule has 1 amide bonds. The van der Waals surface area contributed by atoms with Gasteiger partial charge in [-0.15, -0.1) is 0 Å². The maximum atomic E-state index is 17.1. The lowest BCUT2D eigenvalue weighted by Gasteiger charge is -2.45. The molecule has 3 aliphatic rings. The van der Waals surface area contributed by atoms with Gasteiger partial charge < -0.3 is 14.7 Å². The molecule has 228 valence electrons. The summed E-state index contributed by atoms with van der Waals surface area (Å²) in [6.45, 7) is 13.1. The van der Waals surface area contributed by atoms with Gasteiger partial charge in [-0.2, -0.15) is 10.1 Å². The number of carbonyl (C=O) groups excluding carboxylic acids is 2. The smallest absolute Gasteiger partial charge is 0.246 e. The van der Waals surface area contributed by atoms with Gasteiger partial charge in [0, 0.05) is 71.8 Å². The van der Waals surface area contributed by atoms with Crippen LogP contribution in [0.5, 0.6) is 0 Å². The number of nitrogens with one attached hydrogen (secondary N) is 1. The highest BCUT2D eigenvalue weighted by Gasteiger charge is 2.37. The number of anilines is 2. The summed E-state index contributed by atoms with van der Waals surface area (Å²) in [7, 11) is 0. The summed E-state index contributed by atoms with van der Waals surface area (Å²) in [6, 6.07) is 5.43. The van der Waals surface area contributed by atoms with Crippen molar-refractivity contribution < 1.29 is 14.0 Å². The van der Waals surface area contributed by atoms with Crippen molar-refractivity contribution in [3.8, 4) is 11.1 Å². The zero-order valence-corrected chi connectivity index (χ0v) is 26.1. The number of hydrogen-bond donors (Lipinski definition) is 1. The van der Waals surface area contributed by atoms with E-state index in [-0.39, 0.29) is 40.2 Å². The second kappa shape index (κ2) is 10.5. The summed E-state index contributed by atoms with van der Waals surface area (Å²) in [5.74, 6) is 0.686. The van der Waals surface area contributed by atoms with E-state index in [0.717, 1.165) is 40.6 Å². The molecule has 1 aliphatic carbocycles. The largest absolute Gasteiger partial charge is 0.349 e. The lowest BCUT2D eigenvalue weighted by Crippen LogP contribution is -2.58. The molecule has 2 atom stereocenters. The Labute approximate surface area is 260 Å². The van der Waals surface area contributed by atoms with E-state index < -0.39 is 5.82 Å². The van der Waals surface area contributed by atoms with Crippen LogP contribution in [0, 0.1) is 18.7 Å². The van der Waals surface area contributed by atoms with Crippen LogP contribution in [0.25, 0.3) is 32.9 Å². The molecule has 2 aromatic carbocycles. The molecule has 2 aromatic heterocycles. The SMILES string of the molecule is C=CC(=O)N1C[C@H](C)N(c2nc(N3CC(C(C)=O)C3)nc3c(F)c(-c4c(C)ccc5n[nH]c(C6CC6)c45)c(Cl)cc23)C[C@H]1C. The molecular weight excluding hydrogens is 581 g/mol. The Morgan fingerprint density at radius 1 is 1.09 bits per heavy atom. The van der Waals surface area contributed by atoms with Gasteiger partial charge >= 0.3 is 0 Å². The van der Waals surface area contributed by atoms with E-state index in [1.807, 2.05) is 37.8 Å². The lowest BCUT2D eigenvalue weighted by molar-refractivity contribution is -0.128. The molecule has 3 fully saturated rings. The summed E-state index contributed by atoms with van der Waals surface area (Å²) in [4.78, 5) is 40.1. The van der Waals surface area contributed by atoms with E-state index in [1.54, 1.807) is 17.9 Å². The first-order valence-electron chi connectivity index (χ1n) is 15.2. The molecule has 0 unspecified atom stereocenters. The van der Waals surface area contributed by atoms with Gasteiger partial charge in [0.05, 0.1) is 16.5 Å². The van der Waals surface area contributed by atoms with Crippen LogP contribution >= 0.6 is 11.6 Å². The number of H-pyrrole nitrogens is 1. The number of amides is 1. The first-order chi connectivity index (χ1) is 21.1. The van der Waals surface area contributed by atoms with Gasteiger partial charge in [0.25, 0.3) is 0 Å². The third-order valence-electron chi connectivity index (χ3n) is 9.50. The predicted molar refractivity (Wildman–Crippen MR) is 171 cm³/mol. The zero-order chi connectivity index (χ0) is 31.0. The van der Waals surface area contributed by atoms with Crippen molar-refractivity contribution in [2.45, 2.75) is 58.5 Å². The molecule has 7 rings (SSSR count). The van der Waals surface area contributed by atoms with Crippen LogP contribution in [0.3, 0.4) is 0 Å². The van der Waals surface area contributed by atoms with Crippen molar-refractivity contribution in [2.24, 2.45) is 5.92 Å². The summed E-state index contributed by atoms with van der Waals surface area (Å²) < 4.78 is 17.1. The van der Waals surface area contributed by atoms with Gasteiger partial charge in [0.1, 0.15) is 17.1 Å². The predicted octanol–water partition coefficient (Wildman–Crippen LogP) is 5.79. The van der Waals surface area contributed by atoms with E-state index in [2.05, 4.69) is 21.7 Å². The van der Waals surface area contributed by atoms with E-state index >= 15 is 4.39 Å². The molecule has 0 spiro atoms. The van der Waals surface area contributed by atoms with Crippen LogP contribution in [0.2, 0.25) is 5.02 Å². The Kier molecular flexibility index (Phi) is 6.88. The van der Waals surface area contributed by atoms with Crippen molar-refractivity contribution in [3.05, 3.63) is 53.0 Å². The summed E-state index contributed by atoms with van der Waals surface area (Å²) in [5.41, 5.74) is 3.89. The minimum Gasteiger partial charge on any atom is -0.349 e. The fourth-order valence-electron chi connectivity index (χ4n) is 6.73. The first-order valence-corrected chi connectivity index (χ1v) is 15.6. The number of halogens is 2. The Hall–Kier alpha value is -4.05. The Balaban J connectivity index is 1.42. The quantitative estimate of drug-likeness (QED) is 0.274. The maximum Gasteiger partial charge on any atom is 0.246 e. The van der Waals surface area contributed by atoms with Crippen LogP contribution in [0.1, 0.15) is 50.8 Å². The number of benzene rings is 2. The average Bonchev–Trinajstić information content (AvgIpc) is 3.72. The van der Waals surface area contributed by atoms with Crippen LogP contribution in [0.15, 0.2) is 30.9 Å². The maximum absolute atomic E-state index is 17.1. The Morgan fingerprint density at radius 3 is 2.52 bits per heavy atom. The molecule has 2 aliphatic heterocycles. The summed E-state index contributed by atoms with van der Waals surface area (Å²) >= 11 is 7.03. The molecule has 0 bridgehead atoms. The number of aromatic amines is 1. The standard InChI is InChI=1S/C33H35ClFN7O2/c1-6-25(44)41-12-18(4)42(13-17(41)3)32-22-11-23(34)27(26-16(2)7-10-24-28(26)30(39-38-24)20-8-9-20)29(35)31(22)36-33(37-32)40-14-21(15-40)19(5)43/h6-7,10-11,17-18,20-21H,1,8-9,12-15H2,2-5H3,(H,38,39)/t17-,18+/m1/s1. The number of hydrogen-bond acceptors (Lipinski definition) is 7. The average molecular weight is 616 g/mol. The molecule has 4 aromatic rings. The van der Waals surface area contributed by atoms with Gasteiger partial charge in [0.2, 0.25) is 11.9 Å². The van der Waals surface area contributed by atoms with Crippen molar-refractivity contribution in [2.75, 3.05) is 36.0 Å². The topological polar surface area (TPSA) is 98.3 Å². The molecule has 44 heavy (non-hydrogen) atoms. The molecule has 9 nitrogen and oxygen atoms in total. The third-order valence-corrected chi connectivity index (χ3v) is 9.80. The number of piperazine rings is 1. The van der Waals surface area contributed by atoms with Gasteiger partial charge in [-0.3, -0.25) is 14.7 Å². The molecule has 1 saturated carbocycles. The third kappa shape index (κ3) is 4.53. The number of Topliss-reactive ketones (excluding diaryl/α,β-unsaturated/α-hetero) is 1. The minimum absolute atomic E-state index is 0.0991. The summed E-state index contributed by atoms with van der Waals surface area (Å²) in [6.07, 6.45) is 3.47. The molecule has 11 heteroatoms. The van der Waals surface area contributed by atoms with E-state index in [9.17, 15) is 9.59 Å². The van der Waals surface area contributed by atoms with Gasteiger partial charge in [-0.25, -0.2) is 9.37 Å². The van der Waals surface area contributed by atoms with E-state index in [0.29, 0.717) is 54.8 Å². The van der Waals surface area contributed by atoms with E-state index in [1.165, 1.54) is 6.08 Å². The molecule has 0 radical (unpaired) electrons. The van der Waals surface area contributed by atoms with Gasteiger partial charge in [-0.05, 0) is 64.3 Å². The van der Waals surface area contributed by atoms with Crippen LogP contribution in [-0.4, -0.2) is 75.0 Å². The van der Waals surface area contributed by atoms with Crippen molar-refractivity contribution in [1.82, 2.24) is 25.1 Å². The highest BCUT2D eigenvalue weighted by molar-refractivity contribution is 6.35. The summed E-state index contributed by atoms with van der Waals surface area (Å²) in [5, 5.41) is 9.41. The van der Waals surface area contributed by atoms with Crippen molar-refractivity contribution in [1.29, 1.82) is 0 Å². The number of aromatic nitrogens is 4. The Morgan fingerprint density at radius 2 is 1.84 bits per heavy atom. The second-order valence-corrected chi connectivity index (χ2v) is 13.0. The van der Waals surface area contributed by atoms with Crippen LogP contribution < -0.4 is 9.80 Å².